The van der Waals surface area contributed by atoms with Crippen molar-refractivity contribution in [2.75, 3.05) is 0 Å². The lowest BCUT2D eigenvalue weighted by Crippen LogP contribution is -2.37. The van der Waals surface area contributed by atoms with Crippen molar-refractivity contribution in [1.29, 1.82) is 0 Å². The van der Waals surface area contributed by atoms with Crippen molar-refractivity contribution in [3.8, 4) is 0 Å². The molecule has 0 saturated heterocycles. The first kappa shape index (κ1) is 9.67. The molecule has 1 heterocycles. The normalized spacial score (nSPS) is 14.9. The van der Waals surface area contributed by atoms with Gasteiger partial charge in [0.05, 0.1) is 0 Å². The molecule has 13 heavy (non-hydrogen) atoms. The zero-order valence-corrected chi connectivity index (χ0v) is 7.27. The average Bonchev–Trinajstić information content (AvgIpc) is 2.05. The summed E-state index contributed by atoms with van der Waals surface area (Å²) in [5.74, 6) is -1.23. The van der Waals surface area contributed by atoms with Crippen molar-refractivity contribution in [3.05, 3.63) is 30.1 Å². The van der Waals surface area contributed by atoms with Gasteiger partial charge in [0.15, 0.2) is 5.60 Å². The average molecular weight is 181 g/mol. The van der Waals surface area contributed by atoms with Crippen LogP contribution >= 0.6 is 0 Å². The molecule has 0 aliphatic heterocycles. The third kappa shape index (κ3) is 2.52. The van der Waals surface area contributed by atoms with E-state index in [-0.39, 0.29) is 6.42 Å². The summed E-state index contributed by atoms with van der Waals surface area (Å²) < 4.78 is 0. The highest BCUT2D eigenvalue weighted by Gasteiger charge is 2.29. The third-order valence-corrected chi connectivity index (χ3v) is 1.73. The van der Waals surface area contributed by atoms with Crippen LogP contribution in [0.2, 0.25) is 0 Å². The predicted octanol–water partition coefficient (Wildman–Crippen LogP) is 0.460. The molecule has 1 atom stereocenters. The SMILES string of the molecule is CC(O)(Cc1cccnc1)C(=O)O. The summed E-state index contributed by atoms with van der Waals surface area (Å²) in [5.41, 5.74) is -1.02. The Morgan fingerprint density at radius 1 is 1.69 bits per heavy atom. The fourth-order valence-corrected chi connectivity index (χ4v) is 0.976. The Morgan fingerprint density at radius 3 is 2.85 bits per heavy atom. The van der Waals surface area contributed by atoms with Gasteiger partial charge in [0, 0.05) is 18.8 Å². The molecule has 0 aromatic carbocycles. The first-order valence-corrected chi connectivity index (χ1v) is 3.87. The first-order chi connectivity index (χ1) is 6.02. The highest BCUT2D eigenvalue weighted by atomic mass is 16.4. The van der Waals surface area contributed by atoms with Crippen molar-refractivity contribution in [2.45, 2.75) is 18.9 Å². The molecular weight excluding hydrogens is 170 g/mol. The number of aliphatic carboxylic acids is 1. The molecule has 0 fully saturated rings. The maximum Gasteiger partial charge on any atom is 0.335 e. The van der Waals surface area contributed by atoms with Gasteiger partial charge in [-0.25, -0.2) is 4.79 Å². The van der Waals surface area contributed by atoms with Gasteiger partial charge in [-0.3, -0.25) is 4.98 Å². The van der Waals surface area contributed by atoms with E-state index >= 15 is 0 Å². The number of hydrogen-bond acceptors (Lipinski definition) is 3. The van der Waals surface area contributed by atoms with Crippen molar-refractivity contribution < 1.29 is 15.0 Å². The Bertz CT molecular complexity index is 295. The van der Waals surface area contributed by atoms with Crippen LogP contribution in [0.5, 0.6) is 0 Å². The van der Waals surface area contributed by atoms with Crippen LogP contribution < -0.4 is 0 Å². The summed E-state index contributed by atoms with van der Waals surface area (Å²) in [5, 5.41) is 18.0. The maximum atomic E-state index is 10.6. The van der Waals surface area contributed by atoms with Crippen LogP contribution in [0.25, 0.3) is 0 Å². The minimum Gasteiger partial charge on any atom is -0.479 e. The summed E-state index contributed by atoms with van der Waals surface area (Å²) in [6.45, 7) is 1.27. The Balaban J connectivity index is 2.75. The van der Waals surface area contributed by atoms with Gasteiger partial charge in [-0.05, 0) is 18.6 Å². The van der Waals surface area contributed by atoms with Crippen LogP contribution in [0.1, 0.15) is 12.5 Å². The molecule has 1 aromatic heterocycles. The number of aromatic nitrogens is 1. The molecule has 0 bridgehead atoms. The summed E-state index contributed by atoms with van der Waals surface area (Å²) in [6.07, 6.45) is 3.20. The number of aliphatic hydroxyl groups is 1. The molecule has 0 amide bonds. The minimum absolute atomic E-state index is 0.0656. The van der Waals surface area contributed by atoms with E-state index in [0.717, 1.165) is 0 Å². The number of carboxylic acid groups (broad SMARTS) is 1. The molecule has 1 aromatic rings. The molecule has 4 nitrogen and oxygen atoms in total. The third-order valence-electron chi connectivity index (χ3n) is 1.73. The van der Waals surface area contributed by atoms with E-state index in [1.165, 1.54) is 13.1 Å². The zero-order chi connectivity index (χ0) is 9.90. The van der Waals surface area contributed by atoms with Crippen molar-refractivity contribution >= 4 is 5.97 Å². The molecule has 0 aliphatic carbocycles. The lowest BCUT2D eigenvalue weighted by Gasteiger charge is -2.17. The summed E-state index contributed by atoms with van der Waals surface area (Å²) >= 11 is 0. The van der Waals surface area contributed by atoms with E-state index in [0.29, 0.717) is 5.56 Å². The smallest absolute Gasteiger partial charge is 0.335 e. The maximum absolute atomic E-state index is 10.6. The van der Waals surface area contributed by atoms with E-state index in [9.17, 15) is 9.90 Å². The highest BCUT2D eigenvalue weighted by Crippen LogP contribution is 2.11. The van der Waals surface area contributed by atoms with E-state index < -0.39 is 11.6 Å². The Labute approximate surface area is 75.9 Å². The van der Waals surface area contributed by atoms with Crippen LogP contribution in [0.3, 0.4) is 0 Å². The lowest BCUT2D eigenvalue weighted by molar-refractivity contribution is -0.156. The fraction of sp³-hybridized carbons (Fsp3) is 0.333. The van der Waals surface area contributed by atoms with Crippen LogP contribution in [-0.2, 0) is 11.2 Å². The number of hydrogen-bond donors (Lipinski definition) is 2. The number of carbonyl (C=O) groups is 1. The molecule has 70 valence electrons. The molecule has 2 N–H and O–H groups in total. The van der Waals surface area contributed by atoms with Gasteiger partial charge in [0.25, 0.3) is 0 Å². The van der Waals surface area contributed by atoms with Crippen LogP contribution in [-0.4, -0.2) is 26.8 Å². The molecular formula is C9H11NO3. The monoisotopic (exact) mass is 181 g/mol. The summed E-state index contributed by atoms with van der Waals surface area (Å²) in [4.78, 5) is 14.4. The van der Waals surface area contributed by atoms with Gasteiger partial charge >= 0.3 is 5.97 Å². The first-order valence-electron chi connectivity index (χ1n) is 3.87. The molecule has 4 heteroatoms. The van der Waals surface area contributed by atoms with Gasteiger partial charge < -0.3 is 10.2 Å². The van der Waals surface area contributed by atoms with E-state index in [2.05, 4.69) is 4.98 Å². The Kier molecular flexibility index (Phi) is 2.63. The van der Waals surface area contributed by atoms with Gasteiger partial charge in [0.1, 0.15) is 0 Å². The molecule has 0 radical (unpaired) electrons. The Morgan fingerprint density at radius 2 is 2.38 bits per heavy atom. The van der Waals surface area contributed by atoms with Gasteiger partial charge in [0.2, 0.25) is 0 Å². The van der Waals surface area contributed by atoms with Gasteiger partial charge in [-0.1, -0.05) is 6.07 Å². The van der Waals surface area contributed by atoms with Crippen LogP contribution in [0, 0.1) is 0 Å². The van der Waals surface area contributed by atoms with Crippen molar-refractivity contribution in [1.82, 2.24) is 4.98 Å². The van der Waals surface area contributed by atoms with Crippen molar-refractivity contribution in [3.63, 3.8) is 0 Å². The lowest BCUT2D eigenvalue weighted by atomic mass is 9.98. The number of carboxylic acids is 1. The second kappa shape index (κ2) is 3.53. The second-order valence-electron chi connectivity index (χ2n) is 3.12. The highest BCUT2D eigenvalue weighted by molar-refractivity contribution is 5.76. The van der Waals surface area contributed by atoms with Crippen molar-refractivity contribution in [2.24, 2.45) is 0 Å². The summed E-state index contributed by atoms with van der Waals surface area (Å²) in [7, 11) is 0. The molecule has 1 unspecified atom stereocenters. The standard InChI is InChI=1S/C9H11NO3/c1-9(13,8(11)12)5-7-3-2-4-10-6-7/h2-4,6,13H,5H2,1H3,(H,11,12). The van der Waals surface area contributed by atoms with E-state index in [1.54, 1.807) is 18.3 Å². The number of pyridine rings is 1. The predicted molar refractivity (Wildman–Crippen MR) is 46.2 cm³/mol. The van der Waals surface area contributed by atoms with E-state index in [4.69, 9.17) is 5.11 Å². The summed E-state index contributed by atoms with van der Waals surface area (Å²) in [6, 6.07) is 3.43. The van der Waals surface area contributed by atoms with E-state index in [1.807, 2.05) is 0 Å². The fourth-order valence-electron chi connectivity index (χ4n) is 0.976. The topological polar surface area (TPSA) is 70.4 Å². The number of nitrogens with zero attached hydrogens (tertiary/aromatic N) is 1. The molecule has 0 saturated carbocycles. The molecule has 1 rings (SSSR count). The zero-order valence-electron chi connectivity index (χ0n) is 7.27. The van der Waals surface area contributed by atoms with Crippen LogP contribution in [0.4, 0.5) is 0 Å². The minimum atomic E-state index is -1.72. The van der Waals surface area contributed by atoms with Crippen LogP contribution in [0.15, 0.2) is 24.5 Å². The second-order valence-corrected chi connectivity index (χ2v) is 3.12. The Hall–Kier alpha value is -1.42. The molecule has 0 aliphatic rings. The van der Waals surface area contributed by atoms with Gasteiger partial charge in [-0.2, -0.15) is 0 Å². The largest absolute Gasteiger partial charge is 0.479 e. The molecule has 0 spiro atoms. The quantitative estimate of drug-likeness (QED) is 0.710. The van der Waals surface area contributed by atoms with Gasteiger partial charge in [-0.15, -0.1) is 0 Å². The number of rotatable bonds is 3.